The van der Waals surface area contributed by atoms with Gasteiger partial charge < -0.3 is 4.43 Å². The zero-order valence-electron chi connectivity index (χ0n) is 16.8. The molecule has 1 heterocycles. The van der Waals surface area contributed by atoms with Gasteiger partial charge in [-0.2, -0.15) is 0 Å². The molecule has 5 heteroatoms. The maximum Gasteiger partial charge on any atom is 0.194 e. The number of para-hydroxylation sites is 2. The van der Waals surface area contributed by atoms with Crippen molar-refractivity contribution in [3.63, 3.8) is 0 Å². The second kappa shape index (κ2) is 7.03. The normalized spacial score (nSPS) is 14.1. The van der Waals surface area contributed by atoms with E-state index in [1.807, 2.05) is 30.5 Å². The van der Waals surface area contributed by atoms with Crippen LogP contribution < -0.4 is 0 Å². The van der Waals surface area contributed by atoms with Crippen molar-refractivity contribution in [3.8, 4) is 11.5 Å². The highest BCUT2D eigenvalue weighted by Crippen LogP contribution is 2.39. The van der Waals surface area contributed by atoms with Crippen LogP contribution in [-0.4, -0.2) is 26.4 Å². The highest BCUT2D eigenvalue weighted by atomic mass is 28.4. The van der Waals surface area contributed by atoms with Crippen LogP contribution >= 0.6 is 0 Å². The molecule has 2 aromatic rings. The van der Waals surface area contributed by atoms with Crippen LogP contribution in [0.25, 0.3) is 11.0 Å². The smallest absolute Gasteiger partial charge is 0.194 e. The summed E-state index contributed by atoms with van der Waals surface area (Å²) in [6.07, 6.45) is 1.50. The zero-order valence-corrected chi connectivity index (χ0v) is 18.8. The quantitative estimate of drug-likeness (QED) is 0.523. The summed E-state index contributed by atoms with van der Waals surface area (Å²) >= 11 is 0. The van der Waals surface area contributed by atoms with Crippen molar-refractivity contribution in [1.82, 2.24) is 9.97 Å². The molecule has 2 rings (SSSR count). The fourth-order valence-corrected chi connectivity index (χ4v) is 3.70. The van der Waals surface area contributed by atoms with Gasteiger partial charge in [-0.25, -0.2) is 4.98 Å². The third-order valence-electron chi connectivity index (χ3n) is 4.53. The lowest BCUT2D eigenvalue weighted by Crippen LogP contribution is -2.41. The Labute approximate surface area is 154 Å². The molecule has 0 saturated heterocycles. The predicted molar refractivity (Wildman–Crippen MR) is 112 cm³/mol. The summed E-state index contributed by atoms with van der Waals surface area (Å²) in [5.74, 6) is 3.39. The van der Waals surface area contributed by atoms with Crippen molar-refractivity contribution in [3.05, 3.63) is 36.2 Å². The molecule has 1 atom stereocenters. The van der Waals surface area contributed by atoms with Crippen LogP contribution in [-0.2, 0) is 4.43 Å². The number of fused-ring (bicyclic) bond motifs is 1. The van der Waals surface area contributed by atoms with Gasteiger partial charge >= 0.3 is 0 Å². The molecule has 3 nitrogen and oxygen atoms in total. The first-order valence-corrected chi connectivity index (χ1v) is 15.2. The molecule has 0 aliphatic heterocycles. The van der Waals surface area contributed by atoms with Crippen LogP contribution in [0.4, 0.5) is 0 Å². The summed E-state index contributed by atoms with van der Waals surface area (Å²) in [6.45, 7) is 18.0. The zero-order chi connectivity index (χ0) is 18.9. The minimum absolute atomic E-state index is 0.121. The van der Waals surface area contributed by atoms with E-state index in [9.17, 15) is 0 Å². The van der Waals surface area contributed by atoms with Gasteiger partial charge in [0, 0.05) is 0 Å². The van der Waals surface area contributed by atoms with E-state index >= 15 is 0 Å². The van der Waals surface area contributed by atoms with Crippen molar-refractivity contribution in [1.29, 1.82) is 0 Å². The van der Waals surface area contributed by atoms with Gasteiger partial charge in [0.15, 0.2) is 14.4 Å². The highest BCUT2D eigenvalue weighted by molar-refractivity contribution is 6.83. The number of hydrogen-bond donors (Lipinski definition) is 0. The lowest BCUT2D eigenvalue weighted by Gasteiger charge is -2.38. The minimum atomic E-state index is -1.97. The Kier molecular flexibility index (Phi) is 5.57. The fourth-order valence-electron chi connectivity index (χ4n) is 2.02. The van der Waals surface area contributed by atoms with Crippen LogP contribution in [0.2, 0.25) is 37.8 Å². The van der Waals surface area contributed by atoms with E-state index in [0.717, 1.165) is 16.7 Å². The first kappa shape index (κ1) is 19.8. The van der Waals surface area contributed by atoms with Crippen molar-refractivity contribution in [2.24, 2.45) is 0 Å². The molecule has 0 fully saturated rings. The largest absolute Gasteiger partial charge is 0.398 e. The number of aromatic nitrogens is 2. The lowest BCUT2D eigenvalue weighted by atomic mass is 10.2. The van der Waals surface area contributed by atoms with Gasteiger partial charge in [-0.1, -0.05) is 58.5 Å². The molecule has 0 radical (unpaired) electrons. The molecule has 25 heavy (non-hydrogen) atoms. The molecular formula is C20H30N2OSi2. The van der Waals surface area contributed by atoms with E-state index < -0.39 is 16.4 Å². The topological polar surface area (TPSA) is 35.0 Å². The van der Waals surface area contributed by atoms with E-state index in [1.165, 1.54) is 0 Å². The molecule has 0 N–H and O–H groups in total. The summed E-state index contributed by atoms with van der Waals surface area (Å²) in [7, 11) is -3.47. The first-order valence-electron chi connectivity index (χ1n) is 8.81. The molecule has 0 saturated carbocycles. The Hall–Kier alpha value is -1.49. The lowest BCUT2D eigenvalue weighted by molar-refractivity contribution is 0.234. The number of hydrogen-bond acceptors (Lipinski definition) is 3. The van der Waals surface area contributed by atoms with Crippen LogP contribution in [0.5, 0.6) is 0 Å². The van der Waals surface area contributed by atoms with Gasteiger partial charge in [0.1, 0.15) is 8.07 Å². The molecule has 0 aliphatic carbocycles. The highest BCUT2D eigenvalue weighted by Gasteiger charge is 2.39. The van der Waals surface area contributed by atoms with Gasteiger partial charge in [-0.15, -0.1) is 5.54 Å². The number of rotatable bonds is 3. The maximum absolute atomic E-state index is 6.62. The first-order chi connectivity index (χ1) is 11.4. The molecule has 0 bridgehead atoms. The second-order valence-electron chi connectivity index (χ2n) is 9.06. The SMILES string of the molecule is CC(C)(C)[Si](C)(C)OC(C#C[Si](C)(C)C)c1cnc2ccccc2n1. The molecule has 1 unspecified atom stereocenters. The van der Waals surface area contributed by atoms with E-state index in [1.54, 1.807) is 0 Å². The van der Waals surface area contributed by atoms with Crippen molar-refractivity contribution < 1.29 is 4.43 Å². The Bertz CT molecular complexity index is 808. The van der Waals surface area contributed by atoms with E-state index in [-0.39, 0.29) is 11.1 Å². The van der Waals surface area contributed by atoms with Crippen molar-refractivity contribution in [2.75, 3.05) is 0 Å². The summed E-state index contributed by atoms with van der Waals surface area (Å²) in [6, 6.07) is 7.92. The maximum atomic E-state index is 6.62. The van der Waals surface area contributed by atoms with Gasteiger partial charge in [-0.3, -0.25) is 4.98 Å². The Morgan fingerprint density at radius 2 is 1.60 bits per heavy atom. The Morgan fingerprint density at radius 1 is 1.00 bits per heavy atom. The molecule has 134 valence electrons. The fraction of sp³-hybridized carbons (Fsp3) is 0.500. The molecular weight excluding hydrogens is 340 g/mol. The van der Waals surface area contributed by atoms with Crippen LogP contribution in [0.1, 0.15) is 32.6 Å². The minimum Gasteiger partial charge on any atom is -0.398 e. The van der Waals surface area contributed by atoms with Gasteiger partial charge in [-0.05, 0) is 30.3 Å². The summed E-state index contributed by atoms with van der Waals surface area (Å²) in [4.78, 5) is 9.35. The average molecular weight is 371 g/mol. The van der Waals surface area contributed by atoms with Gasteiger partial charge in [0.05, 0.1) is 22.9 Å². The molecule has 0 spiro atoms. The average Bonchev–Trinajstić information content (AvgIpc) is 2.49. The van der Waals surface area contributed by atoms with E-state index in [0.29, 0.717) is 0 Å². The van der Waals surface area contributed by atoms with E-state index in [2.05, 4.69) is 70.0 Å². The number of benzene rings is 1. The van der Waals surface area contributed by atoms with Gasteiger partial charge in [0.2, 0.25) is 0 Å². The third kappa shape index (κ3) is 5.24. The predicted octanol–water partition coefficient (Wildman–Crippen LogP) is 5.57. The monoisotopic (exact) mass is 370 g/mol. The Morgan fingerprint density at radius 3 is 2.16 bits per heavy atom. The van der Waals surface area contributed by atoms with E-state index in [4.69, 9.17) is 9.41 Å². The second-order valence-corrected chi connectivity index (χ2v) is 18.6. The Balaban J connectivity index is 2.47. The van der Waals surface area contributed by atoms with Gasteiger partial charge in [0.25, 0.3) is 0 Å². The molecule has 0 aliphatic rings. The summed E-state index contributed by atoms with van der Waals surface area (Å²) in [5.41, 5.74) is 6.06. The van der Waals surface area contributed by atoms with Crippen molar-refractivity contribution >= 4 is 27.4 Å². The molecule has 0 amide bonds. The summed E-state index contributed by atoms with van der Waals surface area (Å²) in [5, 5.41) is 0.121. The van der Waals surface area contributed by atoms with Crippen LogP contribution in [0, 0.1) is 11.5 Å². The molecule has 1 aromatic heterocycles. The summed E-state index contributed by atoms with van der Waals surface area (Å²) < 4.78 is 6.62. The number of nitrogens with zero attached hydrogens (tertiary/aromatic N) is 2. The third-order valence-corrected chi connectivity index (χ3v) is 9.86. The van der Waals surface area contributed by atoms with Crippen LogP contribution in [0.3, 0.4) is 0 Å². The van der Waals surface area contributed by atoms with Crippen molar-refractivity contribution in [2.45, 2.75) is 64.6 Å². The van der Waals surface area contributed by atoms with Crippen LogP contribution in [0.15, 0.2) is 30.5 Å². The molecule has 1 aromatic carbocycles. The standard InChI is InChI=1S/C20H30N2OSi2/c1-20(2,3)25(7,8)23-19(13-14-24(4,5)6)18-15-21-16-11-9-10-12-17(16)22-18/h9-12,15,19H,1-8H3.